The molecule has 3 aliphatic rings. The Morgan fingerprint density at radius 1 is 1.15 bits per heavy atom. The number of aromatic hydroxyl groups is 1. The lowest BCUT2D eigenvalue weighted by Gasteiger charge is -2.31. The molecular formula is C34H48N4O6S2. The smallest absolute Gasteiger partial charge is 0.407 e. The van der Waals surface area contributed by atoms with E-state index in [-0.39, 0.29) is 23.7 Å². The van der Waals surface area contributed by atoms with Gasteiger partial charge in [-0.1, -0.05) is 32.9 Å². The van der Waals surface area contributed by atoms with Crippen LogP contribution >= 0.6 is 23.7 Å². The van der Waals surface area contributed by atoms with Crippen LogP contribution in [0.1, 0.15) is 45.6 Å². The largest absolute Gasteiger partial charge is 0.508 e. The summed E-state index contributed by atoms with van der Waals surface area (Å²) in [6.45, 7) is 12.0. The van der Waals surface area contributed by atoms with Crippen LogP contribution in [0.15, 0.2) is 57.2 Å². The summed E-state index contributed by atoms with van der Waals surface area (Å²) in [7, 11) is 0. The molecule has 1 amide bonds. The number of alkyl carbamates (subject to hydrolysis) is 1. The highest BCUT2D eigenvalue weighted by Gasteiger charge is 2.46. The fraction of sp³-hybridized carbons (Fsp3) is 0.588. The van der Waals surface area contributed by atoms with Crippen molar-refractivity contribution in [1.82, 2.24) is 14.9 Å². The highest BCUT2D eigenvalue weighted by molar-refractivity contribution is 7.99. The first-order chi connectivity index (χ1) is 22.2. The molecule has 252 valence electrons. The summed E-state index contributed by atoms with van der Waals surface area (Å²) >= 11 is 3.31. The number of phenolic OH excluding ortho intramolecular Hbond substituents is 1. The number of nitrogens with zero attached hydrogens (tertiary/aromatic N) is 2. The van der Waals surface area contributed by atoms with Crippen molar-refractivity contribution in [2.75, 3.05) is 32.2 Å². The molecule has 10 nitrogen and oxygen atoms in total. The van der Waals surface area contributed by atoms with Crippen LogP contribution in [0.25, 0.3) is 0 Å². The second-order valence-electron chi connectivity index (χ2n) is 13.2. The minimum Gasteiger partial charge on any atom is -0.508 e. The van der Waals surface area contributed by atoms with E-state index >= 15 is 0 Å². The van der Waals surface area contributed by atoms with E-state index in [4.69, 9.17) is 14.5 Å². The van der Waals surface area contributed by atoms with Gasteiger partial charge in [-0.25, -0.2) is 18.9 Å². The van der Waals surface area contributed by atoms with E-state index in [1.807, 2.05) is 12.1 Å². The summed E-state index contributed by atoms with van der Waals surface area (Å²) in [5, 5.41) is 28.1. The van der Waals surface area contributed by atoms with Crippen molar-refractivity contribution in [2.45, 2.75) is 80.5 Å². The van der Waals surface area contributed by atoms with Crippen LogP contribution in [0, 0.1) is 23.7 Å². The molecule has 3 fully saturated rings. The van der Waals surface area contributed by atoms with Crippen molar-refractivity contribution in [3.05, 3.63) is 48.0 Å². The number of thioether (sulfide) groups is 1. The van der Waals surface area contributed by atoms with E-state index in [0.29, 0.717) is 44.1 Å². The molecule has 2 aromatic rings. The fourth-order valence-corrected chi connectivity index (χ4v) is 8.41. The molecule has 6 unspecified atom stereocenters. The normalized spacial score (nSPS) is 24.0. The molecule has 2 saturated carbocycles. The van der Waals surface area contributed by atoms with E-state index in [9.17, 15) is 15.0 Å². The van der Waals surface area contributed by atoms with E-state index in [0.717, 1.165) is 39.9 Å². The zero-order valence-electron chi connectivity index (χ0n) is 27.0. The summed E-state index contributed by atoms with van der Waals surface area (Å²) < 4.78 is 8.17. The van der Waals surface area contributed by atoms with Gasteiger partial charge in [-0.15, -0.1) is 11.8 Å². The predicted molar refractivity (Wildman–Crippen MR) is 182 cm³/mol. The summed E-state index contributed by atoms with van der Waals surface area (Å²) in [6.07, 6.45) is 1.97. The lowest BCUT2D eigenvalue weighted by atomic mass is 9.97. The molecule has 6 atom stereocenters. The van der Waals surface area contributed by atoms with Crippen LogP contribution in [-0.4, -0.2) is 83.8 Å². The minimum absolute atomic E-state index is 0.0619. The van der Waals surface area contributed by atoms with Gasteiger partial charge < -0.3 is 25.6 Å². The Kier molecular flexibility index (Phi) is 12.7. The molecule has 1 heterocycles. The predicted octanol–water partition coefficient (Wildman–Crippen LogP) is 5.79. The van der Waals surface area contributed by atoms with Gasteiger partial charge in [-0.2, -0.15) is 0 Å². The van der Waals surface area contributed by atoms with Gasteiger partial charge in [0.15, 0.2) is 0 Å². The monoisotopic (exact) mass is 672 g/mol. The molecule has 0 radical (unpaired) electrons. The van der Waals surface area contributed by atoms with Crippen molar-refractivity contribution in [3.63, 3.8) is 0 Å². The number of ether oxygens (including phenoxy) is 1. The number of carbonyl (C=O) groups excluding carboxylic acids is 1. The number of aliphatic imine (C=N–C) groups is 1. The number of phenols is 1. The van der Waals surface area contributed by atoms with Crippen molar-refractivity contribution in [1.29, 1.82) is 0 Å². The maximum absolute atomic E-state index is 13.4. The maximum atomic E-state index is 13.4. The lowest BCUT2D eigenvalue weighted by Crippen LogP contribution is -2.50. The zero-order chi connectivity index (χ0) is 32.6. The Hall–Kier alpha value is -2.32. The third kappa shape index (κ3) is 10.1. The Morgan fingerprint density at radius 3 is 2.63 bits per heavy atom. The molecule has 5 rings (SSSR count). The highest BCUT2D eigenvalue weighted by Crippen LogP contribution is 2.41. The Labute approximate surface area is 281 Å². The number of aliphatic hydroxyl groups excluding tert-OH is 1. The quantitative estimate of drug-likeness (QED) is 0.0573. The Balaban J connectivity index is 1.28. The van der Waals surface area contributed by atoms with Gasteiger partial charge in [0.1, 0.15) is 11.9 Å². The van der Waals surface area contributed by atoms with Crippen LogP contribution in [0.2, 0.25) is 0 Å². The van der Waals surface area contributed by atoms with Crippen LogP contribution in [-0.2, 0) is 20.9 Å². The first-order valence-corrected chi connectivity index (χ1v) is 18.0. The van der Waals surface area contributed by atoms with Crippen molar-refractivity contribution < 1.29 is 29.5 Å². The van der Waals surface area contributed by atoms with Gasteiger partial charge in [0.2, 0.25) is 0 Å². The first-order valence-electron chi connectivity index (χ1n) is 16.3. The van der Waals surface area contributed by atoms with Crippen LogP contribution < -0.4 is 10.6 Å². The summed E-state index contributed by atoms with van der Waals surface area (Å²) in [4.78, 5) is 30.3. The number of carbonyl (C=O) groups is 1. The third-order valence-electron chi connectivity index (χ3n) is 8.79. The summed E-state index contributed by atoms with van der Waals surface area (Å²) in [5.41, 5.74) is 1.73. The van der Waals surface area contributed by atoms with Crippen LogP contribution in [0.3, 0.4) is 0 Å². The van der Waals surface area contributed by atoms with Gasteiger partial charge in [-0.3, -0.25) is 4.99 Å². The third-order valence-corrected chi connectivity index (χ3v) is 10.8. The Morgan fingerprint density at radius 2 is 1.91 bits per heavy atom. The number of hydrogen-bond donors (Lipinski definition) is 4. The first kappa shape index (κ1) is 35.0. The summed E-state index contributed by atoms with van der Waals surface area (Å²) in [5.74, 6) is 1.81. The standard InChI is InChI=1S/C34H48N4O6S2/c1-21(2)16-38(46-27-11-12-29(35-4)32(15-27)45-20-36-25-7-8-25)17-31(40)30(14-23-5-9-26(39)10-6-23)37-34(41)44-33-24-13-22(3)28(33)19-43-42-18-24/h5-6,9-12,15,21-22,24-25,28,30-31,33,36,39-40H,4,7-8,13-14,16-20H2,1-3H3,(H,37,41). The van der Waals surface area contributed by atoms with E-state index in [1.165, 1.54) is 12.8 Å². The molecule has 2 aromatic carbocycles. The van der Waals surface area contributed by atoms with Gasteiger partial charge in [0, 0.05) is 46.6 Å². The number of aliphatic hydroxyl groups is 1. The minimum atomic E-state index is -0.908. The molecular weight excluding hydrogens is 625 g/mol. The van der Waals surface area contributed by atoms with E-state index in [2.05, 4.69) is 53.5 Å². The summed E-state index contributed by atoms with van der Waals surface area (Å²) in [6, 6.07) is 13.0. The molecule has 2 aliphatic carbocycles. The topological polar surface area (TPSA) is 125 Å². The molecule has 2 bridgehead atoms. The van der Waals surface area contributed by atoms with Gasteiger partial charge in [0.25, 0.3) is 0 Å². The lowest BCUT2D eigenvalue weighted by molar-refractivity contribution is -0.302. The molecule has 0 spiro atoms. The molecule has 46 heavy (non-hydrogen) atoms. The van der Waals surface area contributed by atoms with Gasteiger partial charge in [0.05, 0.1) is 31.0 Å². The average molecular weight is 673 g/mol. The number of rotatable bonds is 16. The number of hydrogen-bond acceptors (Lipinski definition) is 11. The number of amides is 1. The molecule has 12 heteroatoms. The second-order valence-corrected chi connectivity index (χ2v) is 15.3. The number of nitrogens with one attached hydrogen (secondary N) is 2. The van der Waals surface area contributed by atoms with Gasteiger partial charge in [-0.05, 0) is 92.1 Å². The molecule has 1 aliphatic heterocycles. The molecule has 0 aromatic heterocycles. The SMILES string of the molecule is C=Nc1ccc(SN(CC(C)C)CC(O)C(Cc2ccc(O)cc2)NC(=O)OC2C3COOCC2C(C)C3)cc1SCNC1CC1. The molecule has 1 saturated heterocycles. The zero-order valence-corrected chi connectivity index (χ0v) is 28.6. The number of benzene rings is 2. The highest BCUT2D eigenvalue weighted by atomic mass is 32.2. The fourth-order valence-electron chi connectivity index (χ4n) is 6.17. The van der Waals surface area contributed by atoms with Crippen molar-refractivity contribution in [3.8, 4) is 5.75 Å². The van der Waals surface area contributed by atoms with E-state index < -0.39 is 18.2 Å². The van der Waals surface area contributed by atoms with Crippen LogP contribution in [0.5, 0.6) is 5.75 Å². The van der Waals surface area contributed by atoms with Gasteiger partial charge >= 0.3 is 6.09 Å². The van der Waals surface area contributed by atoms with Crippen LogP contribution in [0.4, 0.5) is 10.5 Å². The van der Waals surface area contributed by atoms with Crippen molar-refractivity contribution >= 4 is 42.2 Å². The van der Waals surface area contributed by atoms with Crippen molar-refractivity contribution in [2.24, 2.45) is 28.7 Å². The second kappa shape index (κ2) is 16.7. The maximum Gasteiger partial charge on any atom is 0.407 e. The average Bonchev–Trinajstić information content (AvgIpc) is 3.81. The number of fused-ring (bicyclic) bond motifs is 2. The molecule has 4 N–H and O–H groups in total. The Bertz CT molecular complexity index is 1300. The van der Waals surface area contributed by atoms with E-state index in [1.54, 1.807) is 48.0 Å².